The molecule has 1 aliphatic heterocycles. The molecule has 0 saturated carbocycles. The molecule has 1 aliphatic rings. The number of nitrogens with zero attached hydrogens (tertiary/aromatic N) is 1. The van der Waals surface area contributed by atoms with Gasteiger partial charge in [0.1, 0.15) is 24.4 Å². The molecule has 8 heteroatoms. The van der Waals surface area contributed by atoms with E-state index in [0.717, 1.165) is 21.6 Å². The predicted molar refractivity (Wildman–Crippen MR) is 145 cm³/mol. The van der Waals surface area contributed by atoms with Crippen molar-refractivity contribution in [1.29, 1.82) is 0 Å². The SMILES string of the molecule is COCCOc1ccc([C@H]2NC(=O)N(C(C(=O)Nc3ccc(C)cc3C)C(C)c3ccccc3)C2=O)cc1. The van der Waals surface area contributed by atoms with Crippen LogP contribution in [0.2, 0.25) is 0 Å². The molecule has 3 atom stereocenters. The van der Waals surface area contributed by atoms with Crippen molar-refractivity contribution in [3.63, 3.8) is 0 Å². The standard InChI is InChI=1S/C30H33N3O5/c1-19-10-15-25(20(2)18-19)31-28(34)27(21(3)22-8-6-5-7-9-22)33-29(35)26(32-30(33)36)23-11-13-24(14-12-23)38-17-16-37-4/h5-15,18,21,26-27H,16-17H2,1-4H3,(H,31,34)(H,32,36)/t21?,26-,27?/m1/s1. The second kappa shape index (κ2) is 11.9. The summed E-state index contributed by atoms with van der Waals surface area (Å²) in [5.74, 6) is -0.735. The summed E-state index contributed by atoms with van der Waals surface area (Å²) in [7, 11) is 1.60. The number of hydrogen-bond acceptors (Lipinski definition) is 5. The van der Waals surface area contributed by atoms with Gasteiger partial charge < -0.3 is 20.1 Å². The highest BCUT2D eigenvalue weighted by atomic mass is 16.5. The third-order valence-electron chi connectivity index (χ3n) is 6.73. The molecule has 8 nitrogen and oxygen atoms in total. The van der Waals surface area contributed by atoms with Crippen LogP contribution in [0.25, 0.3) is 0 Å². The molecular weight excluding hydrogens is 482 g/mol. The Morgan fingerprint density at radius 1 is 1.00 bits per heavy atom. The van der Waals surface area contributed by atoms with Gasteiger partial charge in [-0.05, 0) is 48.7 Å². The van der Waals surface area contributed by atoms with Crippen LogP contribution < -0.4 is 15.4 Å². The summed E-state index contributed by atoms with van der Waals surface area (Å²) in [5, 5.41) is 5.72. The number of hydrogen-bond donors (Lipinski definition) is 2. The zero-order valence-electron chi connectivity index (χ0n) is 22.1. The molecule has 0 radical (unpaired) electrons. The maximum Gasteiger partial charge on any atom is 0.325 e. The molecule has 1 saturated heterocycles. The Hall–Kier alpha value is -4.17. The van der Waals surface area contributed by atoms with Crippen LogP contribution in [0.15, 0.2) is 72.8 Å². The lowest BCUT2D eigenvalue weighted by atomic mass is 9.91. The number of carbonyl (C=O) groups is 3. The number of benzene rings is 3. The highest BCUT2D eigenvalue weighted by Crippen LogP contribution is 2.32. The second-order valence-corrected chi connectivity index (χ2v) is 9.45. The van der Waals surface area contributed by atoms with Crippen LogP contribution in [-0.4, -0.2) is 49.1 Å². The number of methoxy groups -OCH3 is 1. The first-order valence-electron chi connectivity index (χ1n) is 12.6. The molecule has 3 aromatic carbocycles. The summed E-state index contributed by atoms with van der Waals surface area (Å²) in [6, 6.07) is 19.5. The average molecular weight is 516 g/mol. The van der Waals surface area contributed by atoms with Gasteiger partial charge in [-0.15, -0.1) is 0 Å². The van der Waals surface area contributed by atoms with E-state index in [2.05, 4.69) is 10.6 Å². The van der Waals surface area contributed by atoms with Gasteiger partial charge >= 0.3 is 6.03 Å². The minimum Gasteiger partial charge on any atom is -0.491 e. The quantitative estimate of drug-likeness (QED) is 0.301. The van der Waals surface area contributed by atoms with Crippen molar-refractivity contribution in [1.82, 2.24) is 10.2 Å². The van der Waals surface area contributed by atoms with Crippen molar-refractivity contribution in [2.75, 3.05) is 25.6 Å². The monoisotopic (exact) mass is 515 g/mol. The molecule has 198 valence electrons. The van der Waals surface area contributed by atoms with Crippen LogP contribution in [0, 0.1) is 13.8 Å². The van der Waals surface area contributed by atoms with Gasteiger partial charge in [-0.1, -0.05) is 67.1 Å². The van der Waals surface area contributed by atoms with Crippen LogP contribution in [0.5, 0.6) is 5.75 Å². The number of rotatable bonds is 10. The van der Waals surface area contributed by atoms with Crippen molar-refractivity contribution in [2.45, 2.75) is 38.8 Å². The first-order valence-corrected chi connectivity index (χ1v) is 12.6. The highest BCUT2D eigenvalue weighted by molar-refractivity contribution is 6.10. The van der Waals surface area contributed by atoms with Gasteiger partial charge in [-0.2, -0.15) is 0 Å². The van der Waals surface area contributed by atoms with Crippen molar-refractivity contribution >= 4 is 23.5 Å². The molecular formula is C30H33N3O5. The number of ether oxygens (including phenoxy) is 2. The molecule has 4 rings (SSSR count). The van der Waals surface area contributed by atoms with Crippen molar-refractivity contribution in [3.05, 3.63) is 95.1 Å². The van der Waals surface area contributed by atoms with Gasteiger partial charge in [0.05, 0.1) is 6.61 Å². The van der Waals surface area contributed by atoms with E-state index in [1.807, 2.05) is 69.3 Å². The zero-order chi connectivity index (χ0) is 27.2. The molecule has 38 heavy (non-hydrogen) atoms. The number of amides is 4. The van der Waals surface area contributed by atoms with E-state index < -0.39 is 35.8 Å². The van der Waals surface area contributed by atoms with E-state index in [1.165, 1.54) is 0 Å². The lowest BCUT2D eigenvalue weighted by Crippen LogP contribution is -2.50. The van der Waals surface area contributed by atoms with E-state index in [-0.39, 0.29) is 0 Å². The van der Waals surface area contributed by atoms with Crippen molar-refractivity contribution < 1.29 is 23.9 Å². The largest absolute Gasteiger partial charge is 0.491 e. The van der Waals surface area contributed by atoms with Gasteiger partial charge in [0.25, 0.3) is 5.91 Å². The summed E-state index contributed by atoms with van der Waals surface area (Å²) in [5.41, 5.74) is 4.05. The average Bonchev–Trinajstić information content (AvgIpc) is 3.20. The number of nitrogens with one attached hydrogen (secondary N) is 2. The van der Waals surface area contributed by atoms with Crippen LogP contribution >= 0.6 is 0 Å². The Balaban J connectivity index is 1.62. The predicted octanol–water partition coefficient (Wildman–Crippen LogP) is 4.73. The lowest BCUT2D eigenvalue weighted by Gasteiger charge is -2.30. The molecule has 1 heterocycles. The van der Waals surface area contributed by atoms with Gasteiger partial charge in [-0.3, -0.25) is 9.59 Å². The number of aryl methyl sites for hydroxylation is 2. The van der Waals surface area contributed by atoms with Crippen LogP contribution in [-0.2, 0) is 14.3 Å². The first-order chi connectivity index (χ1) is 18.3. The number of imide groups is 1. The third-order valence-corrected chi connectivity index (χ3v) is 6.73. The number of anilines is 1. The summed E-state index contributed by atoms with van der Waals surface area (Å²) in [6.07, 6.45) is 0. The fourth-order valence-electron chi connectivity index (χ4n) is 4.65. The molecule has 0 aromatic heterocycles. The molecule has 3 aromatic rings. The zero-order valence-corrected chi connectivity index (χ0v) is 22.1. The Kier molecular flexibility index (Phi) is 8.43. The van der Waals surface area contributed by atoms with E-state index >= 15 is 0 Å². The maximum absolute atomic E-state index is 13.7. The van der Waals surface area contributed by atoms with Crippen LogP contribution in [0.3, 0.4) is 0 Å². The Bertz CT molecular complexity index is 1290. The summed E-state index contributed by atoms with van der Waals surface area (Å²) in [4.78, 5) is 41.7. The maximum atomic E-state index is 13.7. The Labute approximate surface area is 222 Å². The first kappa shape index (κ1) is 26.9. The smallest absolute Gasteiger partial charge is 0.325 e. The Morgan fingerprint density at radius 2 is 1.71 bits per heavy atom. The normalized spacial score (nSPS) is 16.6. The topological polar surface area (TPSA) is 97.0 Å². The van der Waals surface area contributed by atoms with E-state index in [1.54, 1.807) is 31.4 Å². The van der Waals surface area contributed by atoms with E-state index in [0.29, 0.717) is 30.2 Å². The van der Waals surface area contributed by atoms with Crippen LogP contribution in [0.4, 0.5) is 10.5 Å². The summed E-state index contributed by atoms with van der Waals surface area (Å²) in [6.45, 7) is 6.59. The highest BCUT2D eigenvalue weighted by Gasteiger charge is 2.47. The van der Waals surface area contributed by atoms with E-state index in [4.69, 9.17) is 9.47 Å². The molecule has 2 N–H and O–H groups in total. The van der Waals surface area contributed by atoms with Crippen molar-refractivity contribution in [2.24, 2.45) is 0 Å². The second-order valence-electron chi connectivity index (χ2n) is 9.45. The third kappa shape index (κ3) is 5.86. The fraction of sp³-hybridized carbons (Fsp3) is 0.300. The summed E-state index contributed by atoms with van der Waals surface area (Å²) < 4.78 is 10.6. The molecule has 0 spiro atoms. The lowest BCUT2D eigenvalue weighted by molar-refractivity contribution is -0.134. The van der Waals surface area contributed by atoms with Crippen molar-refractivity contribution in [3.8, 4) is 5.75 Å². The summed E-state index contributed by atoms with van der Waals surface area (Å²) >= 11 is 0. The number of carbonyl (C=O) groups excluding carboxylic acids is 3. The van der Waals surface area contributed by atoms with Gasteiger partial charge in [0, 0.05) is 18.7 Å². The van der Waals surface area contributed by atoms with E-state index in [9.17, 15) is 14.4 Å². The van der Waals surface area contributed by atoms with Gasteiger partial charge in [0.15, 0.2) is 0 Å². The molecule has 0 bridgehead atoms. The molecule has 0 aliphatic carbocycles. The van der Waals surface area contributed by atoms with Gasteiger partial charge in [0.2, 0.25) is 5.91 Å². The van der Waals surface area contributed by atoms with Crippen LogP contribution in [0.1, 0.15) is 41.1 Å². The molecule has 1 fully saturated rings. The Morgan fingerprint density at radius 3 is 2.37 bits per heavy atom. The fourth-order valence-corrected chi connectivity index (χ4v) is 4.65. The number of urea groups is 1. The minimum atomic E-state index is -1.06. The molecule has 4 amide bonds. The molecule has 2 unspecified atom stereocenters. The van der Waals surface area contributed by atoms with Gasteiger partial charge in [-0.25, -0.2) is 9.69 Å². The minimum absolute atomic E-state index is 0.400.